The Kier molecular flexibility index (Phi) is 4.31. The topological polar surface area (TPSA) is 46.4 Å². The van der Waals surface area contributed by atoms with Gasteiger partial charge >= 0.3 is 0 Å². The summed E-state index contributed by atoms with van der Waals surface area (Å²) in [5.74, 6) is 0.533. The van der Waals surface area contributed by atoms with Gasteiger partial charge in [0.25, 0.3) is 5.69 Å². The monoisotopic (exact) mass is 248 g/mol. The standard InChI is InChI=1S/C14H20N2O2/c1-2-9-15-10-3-4-13(11-15)12-5-7-14(8-6-12)16(17)18/h5-8,13H,2-4,9-11H2,1H3/t13-/m0/s1. The van der Waals surface area contributed by atoms with Gasteiger partial charge in [-0.05, 0) is 43.8 Å². The maximum Gasteiger partial charge on any atom is 0.269 e. The van der Waals surface area contributed by atoms with E-state index in [2.05, 4.69) is 11.8 Å². The van der Waals surface area contributed by atoms with Crippen LogP contribution in [0.2, 0.25) is 0 Å². The molecule has 1 heterocycles. The van der Waals surface area contributed by atoms with E-state index in [1.54, 1.807) is 12.1 Å². The molecule has 1 aliphatic heterocycles. The van der Waals surface area contributed by atoms with Crippen LogP contribution in [0.5, 0.6) is 0 Å². The number of rotatable bonds is 4. The summed E-state index contributed by atoms with van der Waals surface area (Å²) in [6.07, 6.45) is 3.60. The molecule has 2 rings (SSSR count). The Morgan fingerprint density at radius 3 is 2.72 bits per heavy atom. The molecule has 0 unspecified atom stereocenters. The van der Waals surface area contributed by atoms with Gasteiger partial charge in [-0.25, -0.2) is 0 Å². The first-order valence-electron chi connectivity index (χ1n) is 6.67. The van der Waals surface area contributed by atoms with Crippen molar-refractivity contribution in [3.05, 3.63) is 39.9 Å². The summed E-state index contributed by atoms with van der Waals surface area (Å²) < 4.78 is 0. The van der Waals surface area contributed by atoms with Gasteiger partial charge in [0.05, 0.1) is 4.92 Å². The average Bonchev–Trinajstić information content (AvgIpc) is 2.39. The van der Waals surface area contributed by atoms with Gasteiger partial charge in [0.2, 0.25) is 0 Å². The van der Waals surface area contributed by atoms with E-state index in [0.717, 1.165) is 13.1 Å². The third-order valence-corrected chi connectivity index (χ3v) is 3.62. The van der Waals surface area contributed by atoms with E-state index < -0.39 is 0 Å². The molecular formula is C14H20N2O2. The number of piperidine rings is 1. The van der Waals surface area contributed by atoms with E-state index in [1.165, 1.54) is 31.4 Å². The lowest BCUT2D eigenvalue weighted by atomic mass is 9.90. The minimum absolute atomic E-state index is 0.181. The second-order valence-corrected chi connectivity index (χ2v) is 4.99. The van der Waals surface area contributed by atoms with Crippen LogP contribution in [-0.4, -0.2) is 29.5 Å². The van der Waals surface area contributed by atoms with Gasteiger partial charge in [-0.15, -0.1) is 0 Å². The molecule has 0 N–H and O–H groups in total. The lowest BCUT2D eigenvalue weighted by Crippen LogP contribution is -2.34. The Bertz CT molecular complexity index is 401. The second-order valence-electron chi connectivity index (χ2n) is 4.99. The van der Waals surface area contributed by atoms with Crippen LogP contribution in [0, 0.1) is 10.1 Å². The molecule has 0 aliphatic carbocycles. The molecule has 1 saturated heterocycles. The Hall–Kier alpha value is -1.42. The van der Waals surface area contributed by atoms with Crippen molar-refractivity contribution in [3.63, 3.8) is 0 Å². The number of nitrogens with zero attached hydrogens (tertiary/aromatic N) is 2. The predicted octanol–water partition coefficient (Wildman–Crippen LogP) is 3.18. The lowest BCUT2D eigenvalue weighted by molar-refractivity contribution is -0.384. The van der Waals surface area contributed by atoms with E-state index in [9.17, 15) is 10.1 Å². The first-order valence-corrected chi connectivity index (χ1v) is 6.67. The molecule has 1 aromatic carbocycles. The Labute approximate surface area is 108 Å². The van der Waals surface area contributed by atoms with Crippen molar-refractivity contribution in [2.24, 2.45) is 0 Å². The first kappa shape index (κ1) is 13.0. The van der Waals surface area contributed by atoms with E-state index >= 15 is 0 Å². The van der Waals surface area contributed by atoms with Crippen molar-refractivity contribution in [1.82, 2.24) is 4.90 Å². The third-order valence-electron chi connectivity index (χ3n) is 3.62. The quantitative estimate of drug-likeness (QED) is 0.607. The molecule has 4 nitrogen and oxygen atoms in total. The Morgan fingerprint density at radius 2 is 2.11 bits per heavy atom. The molecule has 0 amide bonds. The van der Waals surface area contributed by atoms with Crippen molar-refractivity contribution in [3.8, 4) is 0 Å². The molecule has 18 heavy (non-hydrogen) atoms. The Morgan fingerprint density at radius 1 is 1.39 bits per heavy atom. The lowest BCUT2D eigenvalue weighted by Gasteiger charge is -2.32. The van der Waals surface area contributed by atoms with Crippen LogP contribution in [0.3, 0.4) is 0 Å². The average molecular weight is 248 g/mol. The fourth-order valence-electron chi connectivity index (χ4n) is 2.72. The van der Waals surface area contributed by atoms with Crippen LogP contribution in [0.15, 0.2) is 24.3 Å². The highest BCUT2D eigenvalue weighted by Crippen LogP contribution is 2.28. The number of hydrogen-bond donors (Lipinski definition) is 0. The number of hydrogen-bond acceptors (Lipinski definition) is 3. The zero-order valence-electron chi connectivity index (χ0n) is 10.8. The van der Waals surface area contributed by atoms with Crippen molar-refractivity contribution in [2.75, 3.05) is 19.6 Å². The smallest absolute Gasteiger partial charge is 0.269 e. The van der Waals surface area contributed by atoms with Crippen molar-refractivity contribution in [1.29, 1.82) is 0 Å². The molecule has 1 aliphatic rings. The van der Waals surface area contributed by atoms with Gasteiger partial charge in [-0.1, -0.05) is 19.1 Å². The van der Waals surface area contributed by atoms with Crippen LogP contribution >= 0.6 is 0 Å². The van der Waals surface area contributed by atoms with Crippen LogP contribution in [0.4, 0.5) is 5.69 Å². The molecule has 0 bridgehead atoms. The van der Waals surface area contributed by atoms with Crippen LogP contribution in [0.1, 0.15) is 37.7 Å². The SMILES string of the molecule is CCCN1CCC[C@H](c2ccc([N+](=O)[O-])cc2)C1. The van der Waals surface area contributed by atoms with Crippen molar-refractivity contribution >= 4 is 5.69 Å². The highest BCUT2D eigenvalue weighted by molar-refractivity contribution is 5.34. The minimum atomic E-state index is -0.339. The largest absolute Gasteiger partial charge is 0.303 e. The molecule has 98 valence electrons. The molecule has 1 aromatic rings. The maximum atomic E-state index is 10.6. The Balaban J connectivity index is 2.04. The van der Waals surface area contributed by atoms with Crippen LogP contribution in [-0.2, 0) is 0 Å². The summed E-state index contributed by atoms with van der Waals surface area (Å²) in [5.41, 5.74) is 1.42. The van der Waals surface area contributed by atoms with Crippen LogP contribution in [0.25, 0.3) is 0 Å². The summed E-state index contributed by atoms with van der Waals surface area (Å²) in [6.45, 7) is 5.64. The van der Waals surface area contributed by atoms with Gasteiger partial charge in [0.15, 0.2) is 0 Å². The second kappa shape index (κ2) is 5.96. The van der Waals surface area contributed by atoms with Gasteiger partial charge in [-0.2, -0.15) is 0 Å². The first-order chi connectivity index (χ1) is 8.70. The van der Waals surface area contributed by atoms with Crippen molar-refractivity contribution in [2.45, 2.75) is 32.1 Å². The fourth-order valence-corrected chi connectivity index (χ4v) is 2.72. The highest BCUT2D eigenvalue weighted by atomic mass is 16.6. The highest BCUT2D eigenvalue weighted by Gasteiger charge is 2.21. The minimum Gasteiger partial charge on any atom is -0.303 e. The normalized spacial score (nSPS) is 20.8. The summed E-state index contributed by atoms with van der Waals surface area (Å²) >= 11 is 0. The molecule has 0 aromatic heterocycles. The molecule has 4 heteroatoms. The van der Waals surface area contributed by atoms with Gasteiger partial charge in [0, 0.05) is 18.7 Å². The zero-order chi connectivity index (χ0) is 13.0. The van der Waals surface area contributed by atoms with E-state index in [-0.39, 0.29) is 10.6 Å². The summed E-state index contributed by atoms with van der Waals surface area (Å²) in [6, 6.07) is 7.07. The van der Waals surface area contributed by atoms with Gasteiger partial charge < -0.3 is 4.90 Å². The fraction of sp³-hybridized carbons (Fsp3) is 0.571. The molecule has 0 spiro atoms. The molecule has 1 fully saturated rings. The van der Waals surface area contributed by atoms with Gasteiger partial charge in [-0.3, -0.25) is 10.1 Å². The third kappa shape index (κ3) is 3.07. The zero-order valence-corrected chi connectivity index (χ0v) is 10.8. The number of nitro groups is 1. The molecule has 0 saturated carbocycles. The van der Waals surface area contributed by atoms with Gasteiger partial charge in [0.1, 0.15) is 0 Å². The van der Waals surface area contributed by atoms with E-state index in [4.69, 9.17) is 0 Å². The number of non-ortho nitro benzene ring substituents is 1. The summed E-state index contributed by atoms with van der Waals surface area (Å²) in [4.78, 5) is 12.8. The summed E-state index contributed by atoms with van der Waals surface area (Å²) in [7, 11) is 0. The van der Waals surface area contributed by atoms with Crippen molar-refractivity contribution < 1.29 is 4.92 Å². The molecule has 0 radical (unpaired) electrons. The van der Waals surface area contributed by atoms with E-state index in [1.807, 2.05) is 12.1 Å². The molecule has 1 atom stereocenters. The maximum absolute atomic E-state index is 10.6. The van der Waals surface area contributed by atoms with Crippen LogP contribution < -0.4 is 0 Å². The molecular weight excluding hydrogens is 228 g/mol. The number of nitro benzene ring substituents is 1. The summed E-state index contributed by atoms with van der Waals surface area (Å²) in [5, 5.41) is 10.6. The predicted molar refractivity (Wildman–Crippen MR) is 71.8 cm³/mol. The number of likely N-dealkylation sites (tertiary alicyclic amines) is 1. The van der Waals surface area contributed by atoms with E-state index in [0.29, 0.717) is 5.92 Å². The number of benzene rings is 1.